The number of nitrogens with one attached hydrogen (secondary N) is 1. The Kier molecular flexibility index (Phi) is 2.64. The van der Waals surface area contributed by atoms with Crippen molar-refractivity contribution in [3.8, 4) is 0 Å². The third kappa shape index (κ3) is 1.87. The van der Waals surface area contributed by atoms with Crippen LogP contribution in [0.3, 0.4) is 0 Å². The summed E-state index contributed by atoms with van der Waals surface area (Å²) in [5.74, 6) is 1.04. The van der Waals surface area contributed by atoms with Gasteiger partial charge in [0, 0.05) is 17.8 Å². The SMILES string of the molecule is C.CC(C)(C)c1ncc[nH]1. The fraction of sp³-hybridized carbons (Fsp3) is 0.625. The zero-order valence-corrected chi connectivity index (χ0v) is 6.10. The molecule has 1 heterocycles. The first kappa shape index (κ1) is 9.21. The van der Waals surface area contributed by atoms with Crippen LogP contribution < -0.4 is 0 Å². The molecular formula is C8H16N2. The highest BCUT2D eigenvalue weighted by molar-refractivity contribution is 5.00. The van der Waals surface area contributed by atoms with E-state index in [2.05, 4.69) is 30.7 Å². The van der Waals surface area contributed by atoms with Crippen LogP contribution in [-0.4, -0.2) is 9.97 Å². The molecule has 0 radical (unpaired) electrons. The van der Waals surface area contributed by atoms with Crippen LogP contribution in [0, 0.1) is 0 Å². The predicted octanol–water partition coefficient (Wildman–Crippen LogP) is 2.34. The highest BCUT2D eigenvalue weighted by Gasteiger charge is 2.14. The molecule has 0 fully saturated rings. The summed E-state index contributed by atoms with van der Waals surface area (Å²) < 4.78 is 0. The number of aromatic nitrogens is 2. The van der Waals surface area contributed by atoms with E-state index >= 15 is 0 Å². The molecule has 0 aliphatic heterocycles. The van der Waals surface area contributed by atoms with Gasteiger partial charge in [-0.25, -0.2) is 4.98 Å². The van der Waals surface area contributed by atoms with Gasteiger partial charge in [0.2, 0.25) is 0 Å². The average Bonchev–Trinajstić information content (AvgIpc) is 2.08. The van der Waals surface area contributed by atoms with Gasteiger partial charge in [0.25, 0.3) is 0 Å². The van der Waals surface area contributed by atoms with E-state index in [4.69, 9.17) is 0 Å². The summed E-state index contributed by atoms with van der Waals surface area (Å²) in [6.07, 6.45) is 3.63. The van der Waals surface area contributed by atoms with E-state index in [0.717, 1.165) is 5.82 Å². The molecule has 1 N–H and O–H groups in total. The second-order valence-electron chi connectivity index (χ2n) is 3.19. The minimum Gasteiger partial charge on any atom is -0.348 e. The molecule has 0 aliphatic rings. The van der Waals surface area contributed by atoms with Crippen molar-refractivity contribution in [3.63, 3.8) is 0 Å². The van der Waals surface area contributed by atoms with E-state index in [1.165, 1.54) is 0 Å². The van der Waals surface area contributed by atoms with Gasteiger partial charge in [-0.2, -0.15) is 0 Å². The minimum atomic E-state index is 0. The van der Waals surface area contributed by atoms with E-state index in [9.17, 15) is 0 Å². The second kappa shape index (κ2) is 2.86. The van der Waals surface area contributed by atoms with E-state index in [1.54, 1.807) is 6.20 Å². The number of hydrogen-bond acceptors (Lipinski definition) is 1. The number of aromatic amines is 1. The lowest BCUT2D eigenvalue weighted by atomic mass is 9.96. The maximum absolute atomic E-state index is 4.13. The molecule has 1 aromatic rings. The molecule has 0 aliphatic carbocycles. The fourth-order valence-corrected chi connectivity index (χ4v) is 0.675. The summed E-state index contributed by atoms with van der Waals surface area (Å²) >= 11 is 0. The molecule has 0 amide bonds. The lowest BCUT2D eigenvalue weighted by Crippen LogP contribution is -2.12. The predicted molar refractivity (Wildman–Crippen MR) is 44.0 cm³/mol. The molecule has 1 aromatic heterocycles. The van der Waals surface area contributed by atoms with Gasteiger partial charge in [-0.15, -0.1) is 0 Å². The largest absolute Gasteiger partial charge is 0.348 e. The number of rotatable bonds is 0. The van der Waals surface area contributed by atoms with Crippen molar-refractivity contribution in [2.45, 2.75) is 33.6 Å². The quantitative estimate of drug-likeness (QED) is 0.588. The van der Waals surface area contributed by atoms with Gasteiger partial charge in [-0.05, 0) is 0 Å². The number of nitrogens with zero attached hydrogens (tertiary/aromatic N) is 1. The molecule has 1 rings (SSSR count). The maximum atomic E-state index is 4.13. The lowest BCUT2D eigenvalue weighted by Gasteiger charge is -2.13. The lowest BCUT2D eigenvalue weighted by molar-refractivity contribution is 0.552. The molecule has 10 heavy (non-hydrogen) atoms. The first-order valence-corrected chi connectivity index (χ1v) is 3.10. The van der Waals surface area contributed by atoms with Crippen molar-refractivity contribution in [2.24, 2.45) is 0 Å². The number of H-pyrrole nitrogens is 1. The molecule has 0 bridgehead atoms. The zero-order chi connectivity index (χ0) is 6.91. The topological polar surface area (TPSA) is 28.7 Å². The second-order valence-corrected chi connectivity index (χ2v) is 3.19. The summed E-state index contributed by atoms with van der Waals surface area (Å²) in [7, 11) is 0. The number of hydrogen-bond donors (Lipinski definition) is 1. The Morgan fingerprint density at radius 2 is 2.00 bits per heavy atom. The van der Waals surface area contributed by atoms with Crippen LogP contribution in [0.4, 0.5) is 0 Å². The van der Waals surface area contributed by atoms with Crippen LogP contribution >= 0.6 is 0 Å². The van der Waals surface area contributed by atoms with Crippen LogP contribution in [0.25, 0.3) is 0 Å². The van der Waals surface area contributed by atoms with Crippen LogP contribution in [0.5, 0.6) is 0 Å². The van der Waals surface area contributed by atoms with Crippen molar-refractivity contribution in [1.82, 2.24) is 9.97 Å². The first-order valence-electron chi connectivity index (χ1n) is 3.10. The molecule has 0 aromatic carbocycles. The zero-order valence-electron chi connectivity index (χ0n) is 6.10. The Morgan fingerprint density at radius 3 is 2.20 bits per heavy atom. The molecule has 0 spiro atoms. The minimum absolute atomic E-state index is 0. The van der Waals surface area contributed by atoms with E-state index in [0.29, 0.717) is 0 Å². The highest BCUT2D eigenvalue weighted by Crippen LogP contribution is 2.16. The van der Waals surface area contributed by atoms with E-state index in [-0.39, 0.29) is 12.8 Å². The van der Waals surface area contributed by atoms with Crippen LogP contribution in [0.15, 0.2) is 12.4 Å². The van der Waals surface area contributed by atoms with Gasteiger partial charge in [0.15, 0.2) is 0 Å². The Morgan fingerprint density at radius 1 is 1.40 bits per heavy atom. The van der Waals surface area contributed by atoms with Gasteiger partial charge in [0.05, 0.1) is 0 Å². The molecule has 0 atom stereocenters. The molecule has 2 heteroatoms. The summed E-state index contributed by atoms with van der Waals surface area (Å²) in [5.41, 5.74) is 0.156. The Bertz CT molecular complexity index is 170. The third-order valence-corrected chi connectivity index (χ3v) is 1.21. The van der Waals surface area contributed by atoms with Crippen molar-refractivity contribution in [2.75, 3.05) is 0 Å². The maximum Gasteiger partial charge on any atom is 0.111 e. The van der Waals surface area contributed by atoms with Crippen molar-refractivity contribution < 1.29 is 0 Å². The molecule has 0 saturated carbocycles. The molecule has 2 nitrogen and oxygen atoms in total. The van der Waals surface area contributed by atoms with Crippen molar-refractivity contribution in [3.05, 3.63) is 18.2 Å². The van der Waals surface area contributed by atoms with Gasteiger partial charge in [0.1, 0.15) is 5.82 Å². The Labute approximate surface area is 62.7 Å². The molecule has 0 saturated heterocycles. The van der Waals surface area contributed by atoms with Gasteiger partial charge in [-0.1, -0.05) is 28.2 Å². The summed E-state index contributed by atoms with van der Waals surface area (Å²) in [6, 6.07) is 0. The van der Waals surface area contributed by atoms with E-state index < -0.39 is 0 Å². The third-order valence-electron chi connectivity index (χ3n) is 1.21. The number of imidazole rings is 1. The summed E-state index contributed by atoms with van der Waals surface area (Å²) in [4.78, 5) is 7.20. The standard InChI is InChI=1S/C7H12N2.CH4/c1-7(2,3)6-8-4-5-9-6;/h4-5H,1-3H3,(H,8,9);1H4. The van der Waals surface area contributed by atoms with Gasteiger partial charge < -0.3 is 4.98 Å². The first-order chi connectivity index (χ1) is 4.11. The summed E-state index contributed by atoms with van der Waals surface area (Å²) in [5, 5.41) is 0. The molecular weight excluding hydrogens is 124 g/mol. The van der Waals surface area contributed by atoms with Crippen LogP contribution in [-0.2, 0) is 5.41 Å². The molecule has 58 valence electrons. The van der Waals surface area contributed by atoms with Crippen molar-refractivity contribution >= 4 is 0 Å². The summed E-state index contributed by atoms with van der Waals surface area (Å²) in [6.45, 7) is 6.39. The smallest absolute Gasteiger partial charge is 0.111 e. The fourth-order valence-electron chi connectivity index (χ4n) is 0.675. The van der Waals surface area contributed by atoms with Gasteiger partial charge >= 0.3 is 0 Å². The highest BCUT2D eigenvalue weighted by atomic mass is 14.9. The Balaban J connectivity index is 0.000000810. The molecule has 0 unspecified atom stereocenters. The van der Waals surface area contributed by atoms with Crippen LogP contribution in [0.2, 0.25) is 0 Å². The average molecular weight is 140 g/mol. The Hall–Kier alpha value is -0.790. The van der Waals surface area contributed by atoms with Crippen molar-refractivity contribution in [1.29, 1.82) is 0 Å². The van der Waals surface area contributed by atoms with E-state index in [1.807, 2.05) is 6.20 Å². The monoisotopic (exact) mass is 140 g/mol. The van der Waals surface area contributed by atoms with Crippen LogP contribution in [0.1, 0.15) is 34.0 Å². The van der Waals surface area contributed by atoms with Gasteiger partial charge in [-0.3, -0.25) is 0 Å². The normalized spacial score (nSPS) is 10.7.